The Labute approximate surface area is 120 Å². The monoisotopic (exact) mass is 311 g/mol. The molecule has 2 bridgehead atoms. The summed E-state index contributed by atoms with van der Waals surface area (Å²) < 4.78 is 5.36. The van der Waals surface area contributed by atoms with E-state index in [0.29, 0.717) is 5.41 Å². The first kappa shape index (κ1) is 13.9. The third kappa shape index (κ3) is 2.19. The van der Waals surface area contributed by atoms with Crippen molar-refractivity contribution in [3.8, 4) is 5.75 Å². The van der Waals surface area contributed by atoms with Gasteiger partial charge in [0.05, 0.1) is 7.11 Å². The fourth-order valence-corrected chi connectivity index (χ4v) is 3.63. The molecular weight excluding hydrogens is 290 g/mol. The lowest BCUT2D eigenvalue weighted by atomic mass is 9.74. The second-order valence-electron chi connectivity index (χ2n) is 5.64. The molecule has 0 spiro atoms. The van der Waals surface area contributed by atoms with Crippen molar-refractivity contribution in [3.05, 3.63) is 29.8 Å². The Kier molecular flexibility index (Phi) is 4.02. The van der Waals surface area contributed by atoms with Crippen LogP contribution in [0.3, 0.4) is 0 Å². The van der Waals surface area contributed by atoms with Crippen molar-refractivity contribution in [2.45, 2.75) is 37.1 Å². The Balaban J connectivity index is 0.00000120. The van der Waals surface area contributed by atoms with Crippen LogP contribution in [0.25, 0.3) is 0 Å². The summed E-state index contributed by atoms with van der Waals surface area (Å²) in [5.74, 6) is 0.999. The quantitative estimate of drug-likeness (QED) is 0.830. The fourth-order valence-electron chi connectivity index (χ4n) is 3.63. The standard InChI is InChI=1S/C15H21NO.BrH/c1-16-9-8-15(7-6-13(16)11-15)12-4-3-5-14(10-12)17-2;/h3-5,10,13H,6-9,11H2,1-2H3;1H. The molecule has 18 heavy (non-hydrogen) atoms. The summed E-state index contributed by atoms with van der Waals surface area (Å²) in [6.07, 6.45) is 5.33. The molecule has 3 rings (SSSR count). The maximum absolute atomic E-state index is 5.36. The van der Waals surface area contributed by atoms with Gasteiger partial charge in [0.15, 0.2) is 0 Å². The first-order chi connectivity index (χ1) is 8.23. The van der Waals surface area contributed by atoms with Crippen LogP contribution in [0.2, 0.25) is 0 Å². The summed E-state index contributed by atoms with van der Waals surface area (Å²) in [6.45, 7) is 1.24. The summed E-state index contributed by atoms with van der Waals surface area (Å²) >= 11 is 0. The molecule has 2 aliphatic rings. The van der Waals surface area contributed by atoms with Gasteiger partial charge in [-0.2, -0.15) is 0 Å². The molecular formula is C15H22BrNO. The van der Waals surface area contributed by atoms with Gasteiger partial charge in [-0.15, -0.1) is 17.0 Å². The van der Waals surface area contributed by atoms with E-state index in [2.05, 4.69) is 30.1 Å². The molecule has 1 aromatic carbocycles. The Morgan fingerprint density at radius 1 is 1.33 bits per heavy atom. The maximum Gasteiger partial charge on any atom is 0.119 e. The molecule has 0 amide bonds. The number of methoxy groups -OCH3 is 1. The molecule has 1 saturated heterocycles. The lowest BCUT2D eigenvalue weighted by molar-refractivity contribution is 0.174. The third-order valence-corrected chi connectivity index (χ3v) is 4.83. The molecule has 2 unspecified atom stereocenters. The number of hydrogen-bond acceptors (Lipinski definition) is 2. The second-order valence-corrected chi connectivity index (χ2v) is 5.64. The van der Waals surface area contributed by atoms with Gasteiger partial charge in [0.2, 0.25) is 0 Å². The topological polar surface area (TPSA) is 12.5 Å². The normalized spacial score (nSPS) is 30.9. The van der Waals surface area contributed by atoms with Crippen LogP contribution in [-0.4, -0.2) is 31.6 Å². The predicted octanol–water partition coefficient (Wildman–Crippen LogP) is 3.40. The van der Waals surface area contributed by atoms with Crippen molar-refractivity contribution in [1.29, 1.82) is 0 Å². The minimum Gasteiger partial charge on any atom is -0.497 e. The number of hydrogen-bond donors (Lipinski definition) is 0. The van der Waals surface area contributed by atoms with Gasteiger partial charge in [-0.3, -0.25) is 0 Å². The van der Waals surface area contributed by atoms with Crippen LogP contribution in [-0.2, 0) is 5.41 Å². The van der Waals surface area contributed by atoms with Crippen molar-refractivity contribution in [2.75, 3.05) is 20.7 Å². The highest BCUT2D eigenvalue weighted by atomic mass is 79.9. The highest BCUT2D eigenvalue weighted by molar-refractivity contribution is 8.93. The van der Waals surface area contributed by atoms with E-state index in [4.69, 9.17) is 4.74 Å². The number of ether oxygens (including phenoxy) is 1. The minimum atomic E-state index is 0. The van der Waals surface area contributed by atoms with Crippen molar-refractivity contribution in [3.63, 3.8) is 0 Å². The van der Waals surface area contributed by atoms with Crippen molar-refractivity contribution in [1.82, 2.24) is 4.90 Å². The third-order valence-electron chi connectivity index (χ3n) is 4.83. The summed E-state index contributed by atoms with van der Waals surface area (Å²) in [5, 5.41) is 0. The number of rotatable bonds is 2. The van der Waals surface area contributed by atoms with Gasteiger partial charge >= 0.3 is 0 Å². The molecule has 2 fully saturated rings. The molecule has 1 saturated carbocycles. The molecule has 1 aliphatic heterocycles. The van der Waals surface area contributed by atoms with Crippen molar-refractivity contribution < 1.29 is 4.74 Å². The molecule has 2 atom stereocenters. The fraction of sp³-hybridized carbons (Fsp3) is 0.600. The summed E-state index contributed by atoms with van der Waals surface area (Å²) in [7, 11) is 4.02. The zero-order valence-corrected chi connectivity index (χ0v) is 12.9. The van der Waals surface area contributed by atoms with E-state index in [1.165, 1.54) is 37.8 Å². The average molecular weight is 312 g/mol. The highest BCUT2D eigenvalue weighted by Crippen LogP contribution is 2.48. The van der Waals surface area contributed by atoms with Crippen molar-refractivity contribution >= 4 is 17.0 Å². The molecule has 0 N–H and O–H groups in total. The molecule has 1 aliphatic carbocycles. The Morgan fingerprint density at radius 3 is 2.94 bits per heavy atom. The molecule has 2 nitrogen and oxygen atoms in total. The Hall–Kier alpha value is -0.540. The van der Waals surface area contributed by atoms with Gasteiger partial charge in [0, 0.05) is 6.04 Å². The van der Waals surface area contributed by atoms with Crippen LogP contribution in [0.1, 0.15) is 31.2 Å². The van der Waals surface area contributed by atoms with Crippen LogP contribution in [0.15, 0.2) is 24.3 Å². The molecule has 3 heteroatoms. The van der Waals surface area contributed by atoms with E-state index in [9.17, 15) is 0 Å². The number of nitrogens with zero attached hydrogens (tertiary/aromatic N) is 1. The van der Waals surface area contributed by atoms with Gasteiger partial charge < -0.3 is 9.64 Å². The maximum atomic E-state index is 5.36. The number of fused-ring (bicyclic) bond motifs is 2. The number of piperidine rings is 1. The lowest BCUT2D eigenvalue weighted by Gasteiger charge is -2.38. The molecule has 1 heterocycles. The van der Waals surface area contributed by atoms with Gasteiger partial charge in [0.25, 0.3) is 0 Å². The van der Waals surface area contributed by atoms with Gasteiger partial charge in [-0.1, -0.05) is 12.1 Å². The average Bonchev–Trinajstić information content (AvgIpc) is 2.76. The van der Waals surface area contributed by atoms with Crippen LogP contribution in [0.4, 0.5) is 0 Å². The molecule has 0 aromatic heterocycles. The van der Waals surface area contributed by atoms with E-state index in [1.807, 2.05) is 6.07 Å². The van der Waals surface area contributed by atoms with Crippen LogP contribution in [0.5, 0.6) is 5.75 Å². The van der Waals surface area contributed by atoms with Crippen LogP contribution < -0.4 is 4.74 Å². The summed E-state index contributed by atoms with van der Waals surface area (Å²) in [5.41, 5.74) is 1.93. The van der Waals surface area contributed by atoms with E-state index >= 15 is 0 Å². The highest BCUT2D eigenvalue weighted by Gasteiger charge is 2.45. The SMILES string of the molecule is Br.COc1cccc(C23CCC(C2)N(C)CC3)c1. The van der Waals surface area contributed by atoms with Gasteiger partial charge in [-0.25, -0.2) is 0 Å². The number of likely N-dealkylation sites (tertiary alicyclic amines) is 1. The van der Waals surface area contributed by atoms with Gasteiger partial charge in [-0.05, 0) is 62.4 Å². The summed E-state index contributed by atoms with van der Waals surface area (Å²) in [6, 6.07) is 9.51. The number of halogens is 1. The van der Waals surface area contributed by atoms with Crippen LogP contribution >= 0.6 is 17.0 Å². The lowest BCUT2D eigenvalue weighted by Crippen LogP contribution is -2.40. The van der Waals surface area contributed by atoms with Crippen LogP contribution in [0, 0.1) is 0 Å². The Morgan fingerprint density at radius 2 is 2.17 bits per heavy atom. The molecule has 1 aromatic rings. The first-order valence-electron chi connectivity index (χ1n) is 6.58. The smallest absolute Gasteiger partial charge is 0.119 e. The van der Waals surface area contributed by atoms with Gasteiger partial charge in [0.1, 0.15) is 5.75 Å². The zero-order valence-electron chi connectivity index (χ0n) is 11.2. The van der Waals surface area contributed by atoms with Crippen molar-refractivity contribution in [2.24, 2.45) is 0 Å². The minimum absolute atomic E-state index is 0. The molecule has 0 radical (unpaired) electrons. The second kappa shape index (κ2) is 5.22. The van der Waals surface area contributed by atoms with E-state index in [-0.39, 0.29) is 17.0 Å². The first-order valence-corrected chi connectivity index (χ1v) is 6.58. The van der Waals surface area contributed by atoms with E-state index in [0.717, 1.165) is 11.8 Å². The zero-order chi connectivity index (χ0) is 11.9. The predicted molar refractivity (Wildman–Crippen MR) is 79.9 cm³/mol. The van der Waals surface area contributed by atoms with E-state index in [1.54, 1.807) is 7.11 Å². The van der Waals surface area contributed by atoms with E-state index < -0.39 is 0 Å². The number of benzene rings is 1. The largest absolute Gasteiger partial charge is 0.497 e. The summed E-state index contributed by atoms with van der Waals surface area (Å²) in [4.78, 5) is 2.53. The Bertz CT molecular complexity index is 423. The molecule has 100 valence electrons.